The summed E-state index contributed by atoms with van der Waals surface area (Å²) in [6.07, 6.45) is -0.633. The number of para-hydroxylation sites is 1. The van der Waals surface area contributed by atoms with Gasteiger partial charge in [-0.3, -0.25) is 0 Å². The Morgan fingerprint density at radius 3 is 2.75 bits per heavy atom. The molecule has 0 aliphatic carbocycles. The van der Waals surface area contributed by atoms with Crippen LogP contribution in [0.2, 0.25) is 0 Å². The van der Waals surface area contributed by atoms with Gasteiger partial charge in [0.1, 0.15) is 30.2 Å². The van der Waals surface area contributed by atoms with Crippen LogP contribution in [0, 0.1) is 11.3 Å². The standard InChI is InChI=1S/C16H20N4O2S.ClH/c1-16(2,3)18-9-11(21)10-22-13-7-5-4-6-12(13)15-14(8-17)23-20-19-15;/h4-7,11,18,21H,9-10H2,1-3H3;1H. The van der Waals surface area contributed by atoms with Crippen molar-refractivity contribution in [3.63, 3.8) is 0 Å². The first-order chi connectivity index (χ1) is 10.9. The summed E-state index contributed by atoms with van der Waals surface area (Å²) >= 11 is 1.05. The molecule has 0 spiro atoms. The molecule has 0 bridgehead atoms. The van der Waals surface area contributed by atoms with E-state index in [-0.39, 0.29) is 24.6 Å². The summed E-state index contributed by atoms with van der Waals surface area (Å²) in [7, 11) is 0. The van der Waals surface area contributed by atoms with E-state index in [0.717, 1.165) is 11.5 Å². The molecule has 0 amide bonds. The second-order valence-corrected chi connectivity index (χ2v) is 6.91. The highest BCUT2D eigenvalue weighted by Gasteiger charge is 2.16. The van der Waals surface area contributed by atoms with Gasteiger partial charge in [0, 0.05) is 17.6 Å². The monoisotopic (exact) mass is 368 g/mol. The van der Waals surface area contributed by atoms with Crippen molar-refractivity contribution in [2.45, 2.75) is 32.4 Å². The van der Waals surface area contributed by atoms with Crippen LogP contribution in [0.4, 0.5) is 0 Å². The lowest BCUT2D eigenvalue weighted by atomic mass is 10.1. The van der Waals surface area contributed by atoms with E-state index in [1.165, 1.54) is 0 Å². The van der Waals surface area contributed by atoms with Gasteiger partial charge in [0.2, 0.25) is 0 Å². The third-order valence-corrected chi connectivity index (χ3v) is 3.66. The number of aliphatic hydroxyl groups excluding tert-OH is 1. The third kappa shape index (κ3) is 5.73. The smallest absolute Gasteiger partial charge is 0.153 e. The third-order valence-electron chi connectivity index (χ3n) is 3.03. The van der Waals surface area contributed by atoms with Crippen LogP contribution in [0.1, 0.15) is 25.6 Å². The van der Waals surface area contributed by atoms with E-state index >= 15 is 0 Å². The Bertz CT molecular complexity index is 694. The highest BCUT2D eigenvalue weighted by molar-refractivity contribution is 7.06. The van der Waals surface area contributed by atoms with Crippen LogP contribution in [0.15, 0.2) is 24.3 Å². The SMILES string of the molecule is CC(C)(C)NCC(O)COc1ccccc1-c1nnsc1C#N.Cl. The second kappa shape index (κ2) is 8.94. The Morgan fingerprint density at radius 1 is 1.38 bits per heavy atom. The van der Waals surface area contributed by atoms with Gasteiger partial charge in [-0.2, -0.15) is 5.26 Å². The van der Waals surface area contributed by atoms with E-state index in [1.54, 1.807) is 6.07 Å². The first kappa shape index (κ1) is 20.3. The maximum absolute atomic E-state index is 10.0. The highest BCUT2D eigenvalue weighted by Crippen LogP contribution is 2.31. The van der Waals surface area contributed by atoms with Crippen LogP contribution in [0.5, 0.6) is 5.75 Å². The van der Waals surface area contributed by atoms with Crippen molar-refractivity contribution in [3.8, 4) is 23.1 Å². The molecule has 0 aliphatic rings. The zero-order valence-corrected chi connectivity index (χ0v) is 15.4. The minimum atomic E-state index is -0.633. The van der Waals surface area contributed by atoms with Crippen LogP contribution >= 0.6 is 23.9 Å². The van der Waals surface area contributed by atoms with Crippen LogP contribution in [-0.2, 0) is 0 Å². The van der Waals surface area contributed by atoms with Gasteiger partial charge in [-0.1, -0.05) is 16.6 Å². The Labute approximate surface area is 152 Å². The number of β-amino-alcohol motifs (C(OH)–C–C–N with tert-alkyl or cyclic N) is 1. The molecule has 2 aromatic rings. The van der Waals surface area contributed by atoms with Gasteiger partial charge in [-0.15, -0.1) is 17.5 Å². The van der Waals surface area contributed by atoms with Crippen molar-refractivity contribution in [2.24, 2.45) is 0 Å². The Hall–Kier alpha value is -1.72. The van der Waals surface area contributed by atoms with Crippen molar-refractivity contribution in [3.05, 3.63) is 29.1 Å². The van der Waals surface area contributed by atoms with Crippen LogP contribution < -0.4 is 10.1 Å². The number of hydrogen-bond donors (Lipinski definition) is 2. The van der Waals surface area contributed by atoms with Gasteiger partial charge in [0.15, 0.2) is 4.88 Å². The Balaban J connectivity index is 0.00000288. The molecule has 6 nitrogen and oxygen atoms in total. The topological polar surface area (TPSA) is 91.1 Å². The van der Waals surface area contributed by atoms with E-state index < -0.39 is 6.10 Å². The van der Waals surface area contributed by atoms with Gasteiger partial charge in [0.25, 0.3) is 0 Å². The largest absolute Gasteiger partial charge is 0.490 e. The van der Waals surface area contributed by atoms with Gasteiger partial charge >= 0.3 is 0 Å². The molecule has 0 aliphatic heterocycles. The molecule has 1 aromatic heterocycles. The molecule has 2 N–H and O–H groups in total. The number of aromatic nitrogens is 2. The lowest BCUT2D eigenvalue weighted by molar-refractivity contribution is 0.100. The van der Waals surface area contributed by atoms with E-state index in [4.69, 9.17) is 10.00 Å². The fourth-order valence-corrected chi connectivity index (χ4v) is 2.38. The molecule has 1 atom stereocenters. The number of nitrogens with zero attached hydrogens (tertiary/aromatic N) is 3. The lowest BCUT2D eigenvalue weighted by Gasteiger charge is -2.23. The molecule has 1 aromatic carbocycles. The van der Waals surface area contributed by atoms with Crippen molar-refractivity contribution in [2.75, 3.05) is 13.2 Å². The highest BCUT2D eigenvalue weighted by atomic mass is 35.5. The predicted molar refractivity (Wildman–Crippen MR) is 96.6 cm³/mol. The van der Waals surface area contributed by atoms with Crippen LogP contribution in [0.25, 0.3) is 11.3 Å². The number of benzene rings is 1. The summed E-state index contributed by atoms with van der Waals surface area (Å²) in [4.78, 5) is 0.441. The van der Waals surface area contributed by atoms with Gasteiger partial charge in [-0.05, 0) is 44.4 Å². The number of halogens is 1. The summed E-state index contributed by atoms with van der Waals surface area (Å²) in [6.45, 7) is 6.70. The molecule has 8 heteroatoms. The molecule has 1 heterocycles. The maximum Gasteiger partial charge on any atom is 0.153 e. The molecule has 1 unspecified atom stereocenters. The van der Waals surface area contributed by atoms with E-state index in [9.17, 15) is 5.11 Å². The number of ether oxygens (including phenoxy) is 1. The second-order valence-electron chi connectivity index (χ2n) is 6.15. The molecule has 24 heavy (non-hydrogen) atoms. The molecule has 0 saturated carbocycles. The normalized spacial score (nSPS) is 12.1. The zero-order valence-electron chi connectivity index (χ0n) is 13.8. The Kier molecular flexibility index (Phi) is 7.58. The fourth-order valence-electron chi connectivity index (χ4n) is 1.90. The first-order valence-corrected chi connectivity index (χ1v) is 8.06. The molecular formula is C16H21ClN4O2S. The molecule has 130 valence electrons. The van der Waals surface area contributed by atoms with E-state index in [0.29, 0.717) is 28.4 Å². The lowest BCUT2D eigenvalue weighted by Crippen LogP contribution is -2.42. The summed E-state index contributed by atoms with van der Waals surface area (Å²) in [5.74, 6) is 0.575. The minimum Gasteiger partial charge on any atom is -0.490 e. The van der Waals surface area contributed by atoms with Crippen molar-refractivity contribution in [1.82, 2.24) is 14.9 Å². The van der Waals surface area contributed by atoms with E-state index in [2.05, 4.69) is 21.0 Å². The molecule has 0 fully saturated rings. The molecule has 2 rings (SSSR count). The summed E-state index contributed by atoms with van der Waals surface area (Å²) in [5, 5.41) is 26.4. The summed E-state index contributed by atoms with van der Waals surface area (Å²) < 4.78 is 9.54. The number of hydrogen-bond acceptors (Lipinski definition) is 7. The Morgan fingerprint density at radius 2 is 2.08 bits per heavy atom. The summed E-state index contributed by atoms with van der Waals surface area (Å²) in [5.41, 5.74) is 1.15. The maximum atomic E-state index is 10.0. The van der Waals surface area contributed by atoms with Gasteiger partial charge in [-0.25, -0.2) is 0 Å². The average Bonchev–Trinajstić information content (AvgIpc) is 2.99. The number of nitrogens with one attached hydrogen (secondary N) is 1. The summed E-state index contributed by atoms with van der Waals surface area (Å²) in [6, 6.07) is 9.38. The van der Waals surface area contributed by atoms with Gasteiger partial charge in [0.05, 0.1) is 0 Å². The van der Waals surface area contributed by atoms with Crippen molar-refractivity contribution < 1.29 is 9.84 Å². The molecular weight excluding hydrogens is 348 g/mol. The van der Waals surface area contributed by atoms with Crippen molar-refractivity contribution in [1.29, 1.82) is 5.26 Å². The fraction of sp³-hybridized carbons (Fsp3) is 0.438. The molecule has 0 saturated heterocycles. The number of aliphatic hydroxyl groups is 1. The molecule has 0 radical (unpaired) electrons. The van der Waals surface area contributed by atoms with Crippen LogP contribution in [-0.4, -0.2) is 39.5 Å². The van der Waals surface area contributed by atoms with E-state index in [1.807, 2.05) is 39.0 Å². The van der Waals surface area contributed by atoms with Gasteiger partial charge < -0.3 is 15.2 Å². The number of nitriles is 1. The quantitative estimate of drug-likeness (QED) is 0.814. The average molecular weight is 369 g/mol. The van der Waals surface area contributed by atoms with Crippen LogP contribution in [0.3, 0.4) is 0 Å². The van der Waals surface area contributed by atoms with Crippen molar-refractivity contribution >= 4 is 23.9 Å². The first-order valence-electron chi connectivity index (χ1n) is 7.28. The minimum absolute atomic E-state index is 0. The predicted octanol–water partition coefficient (Wildman–Crippen LogP) is 2.63. The number of rotatable bonds is 6. The zero-order chi connectivity index (χ0) is 16.9.